The van der Waals surface area contributed by atoms with Crippen molar-refractivity contribution >= 4 is 9.84 Å². The number of hydrogen-bond donors (Lipinski definition) is 1. The van der Waals surface area contributed by atoms with Gasteiger partial charge in [-0.1, -0.05) is 0 Å². The second kappa shape index (κ2) is 5.18. The third kappa shape index (κ3) is 3.39. The van der Waals surface area contributed by atoms with Crippen LogP contribution >= 0.6 is 0 Å². The zero-order chi connectivity index (χ0) is 12.2. The number of hydrogen-bond acceptors (Lipinski definition) is 4. The van der Waals surface area contributed by atoms with Crippen LogP contribution in [-0.2, 0) is 9.84 Å². The Hall–Kier alpha value is -1.27. The molecule has 0 spiro atoms. The summed E-state index contributed by atoms with van der Waals surface area (Å²) in [6.45, 7) is 1.65. The van der Waals surface area contributed by atoms with Crippen LogP contribution in [0.15, 0.2) is 35.1 Å². The molecule has 0 aromatic carbocycles. The number of aryl methyl sites for hydroxylation is 1. The van der Waals surface area contributed by atoms with E-state index in [4.69, 9.17) is 5.73 Å². The normalized spacial score (nSPS) is 12.8. The summed E-state index contributed by atoms with van der Waals surface area (Å²) < 4.78 is 36.5. The molecule has 0 radical (unpaired) electrons. The minimum atomic E-state index is -3.64. The van der Waals surface area contributed by atoms with Crippen LogP contribution in [0.2, 0.25) is 0 Å². The molecule has 16 heavy (non-hydrogen) atoms. The topological polar surface area (TPSA) is 73.0 Å². The van der Waals surface area contributed by atoms with E-state index in [9.17, 15) is 12.8 Å². The molecular formula is C10H13FN2O2S. The lowest BCUT2D eigenvalue weighted by Crippen LogP contribution is -2.09. The van der Waals surface area contributed by atoms with Crippen LogP contribution in [-0.4, -0.2) is 25.7 Å². The Bertz CT molecular complexity index is 497. The molecule has 0 unspecified atom stereocenters. The van der Waals surface area contributed by atoms with Gasteiger partial charge in [-0.05, 0) is 25.1 Å². The van der Waals surface area contributed by atoms with E-state index in [0.717, 1.165) is 6.08 Å². The van der Waals surface area contributed by atoms with Gasteiger partial charge in [0.05, 0.1) is 4.90 Å². The Morgan fingerprint density at radius 1 is 1.62 bits per heavy atom. The zero-order valence-corrected chi connectivity index (χ0v) is 9.67. The van der Waals surface area contributed by atoms with Gasteiger partial charge in [-0.15, -0.1) is 0 Å². The predicted molar refractivity (Wildman–Crippen MR) is 59.3 cm³/mol. The van der Waals surface area contributed by atoms with Crippen LogP contribution in [0.5, 0.6) is 0 Å². The summed E-state index contributed by atoms with van der Waals surface area (Å²) in [7, 11) is -3.64. The zero-order valence-electron chi connectivity index (χ0n) is 8.85. The molecule has 1 heterocycles. The quantitative estimate of drug-likeness (QED) is 0.856. The summed E-state index contributed by atoms with van der Waals surface area (Å²) in [5, 5.41) is 0. The Kier molecular flexibility index (Phi) is 4.14. The fourth-order valence-corrected chi connectivity index (χ4v) is 2.43. The molecule has 4 nitrogen and oxygen atoms in total. The lowest BCUT2D eigenvalue weighted by Gasteiger charge is -2.03. The van der Waals surface area contributed by atoms with Crippen molar-refractivity contribution in [3.05, 3.63) is 35.9 Å². The SMILES string of the molecule is Cc1cc(S(=O)(=O)C/C(F)=C/CN)ccn1. The van der Waals surface area contributed by atoms with Crippen molar-refractivity contribution < 1.29 is 12.8 Å². The first-order valence-electron chi connectivity index (χ1n) is 4.66. The molecule has 0 fully saturated rings. The van der Waals surface area contributed by atoms with Gasteiger partial charge in [0.25, 0.3) is 0 Å². The minimum absolute atomic E-state index is 0.0171. The summed E-state index contributed by atoms with van der Waals surface area (Å²) in [6.07, 6.45) is 2.43. The second-order valence-electron chi connectivity index (χ2n) is 3.28. The molecule has 0 bridgehead atoms. The van der Waals surface area contributed by atoms with Crippen LogP contribution in [0.1, 0.15) is 5.69 Å². The molecule has 0 saturated carbocycles. The lowest BCUT2D eigenvalue weighted by molar-refractivity contribution is 0.583. The van der Waals surface area contributed by atoms with Gasteiger partial charge in [0.2, 0.25) is 0 Å². The van der Waals surface area contributed by atoms with Crippen LogP contribution in [0.4, 0.5) is 4.39 Å². The van der Waals surface area contributed by atoms with E-state index in [0.29, 0.717) is 5.69 Å². The average molecular weight is 244 g/mol. The van der Waals surface area contributed by atoms with E-state index in [1.165, 1.54) is 18.3 Å². The van der Waals surface area contributed by atoms with Gasteiger partial charge in [0, 0.05) is 18.4 Å². The molecule has 0 aliphatic rings. The van der Waals surface area contributed by atoms with E-state index < -0.39 is 21.4 Å². The summed E-state index contributed by atoms with van der Waals surface area (Å²) >= 11 is 0. The molecule has 1 rings (SSSR count). The van der Waals surface area contributed by atoms with E-state index >= 15 is 0 Å². The molecule has 1 aromatic heterocycles. The summed E-state index contributed by atoms with van der Waals surface area (Å²) in [5.74, 6) is -1.40. The Labute approximate surface area is 93.9 Å². The van der Waals surface area contributed by atoms with Crippen LogP contribution < -0.4 is 5.73 Å². The smallest absolute Gasteiger partial charge is 0.184 e. The minimum Gasteiger partial charge on any atom is -0.327 e. The first-order valence-corrected chi connectivity index (χ1v) is 6.31. The Morgan fingerprint density at radius 2 is 2.31 bits per heavy atom. The largest absolute Gasteiger partial charge is 0.327 e. The van der Waals surface area contributed by atoms with Crippen molar-refractivity contribution in [2.45, 2.75) is 11.8 Å². The summed E-state index contributed by atoms with van der Waals surface area (Å²) in [5.41, 5.74) is 5.66. The predicted octanol–water partition coefficient (Wildman–Crippen LogP) is 0.976. The number of pyridine rings is 1. The molecule has 0 saturated heterocycles. The maximum Gasteiger partial charge on any atom is 0.184 e. The summed E-state index contributed by atoms with van der Waals surface area (Å²) in [4.78, 5) is 3.95. The number of sulfone groups is 1. The van der Waals surface area contributed by atoms with Gasteiger partial charge in [-0.3, -0.25) is 4.98 Å². The maximum atomic E-state index is 13.1. The van der Waals surface area contributed by atoms with Gasteiger partial charge in [-0.25, -0.2) is 12.8 Å². The van der Waals surface area contributed by atoms with Crippen LogP contribution in [0.3, 0.4) is 0 Å². The van der Waals surface area contributed by atoms with Gasteiger partial charge in [-0.2, -0.15) is 0 Å². The molecule has 2 N–H and O–H groups in total. The number of aromatic nitrogens is 1. The van der Waals surface area contributed by atoms with Crippen molar-refractivity contribution in [1.29, 1.82) is 0 Å². The highest BCUT2D eigenvalue weighted by molar-refractivity contribution is 7.91. The standard InChI is InChI=1S/C10H13FN2O2S/c1-8-6-10(3-5-13-8)16(14,15)7-9(11)2-4-12/h2-3,5-6H,4,7,12H2,1H3/b9-2-. The molecule has 0 aliphatic carbocycles. The van der Waals surface area contributed by atoms with E-state index in [-0.39, 0.29) is 11.4 Å². The molecule has 1 aromatic rings. The molecule has 0 aliphatic heterocycles. The number of rotatable bonds is 4. The number of halogens is 1. The lowest BCUT2D eigenvalue weighted by atomic mass is 10.4. The van der Waals surface area contributed by atoms with Gasteiger partial charge in [0.15, 0.2) is 9.84 Å². The molecule has 6 heteroatoms. The van der Waals surface area contributed by atoms with Crippen molar-refractivity contribution in [3.8, 4) is 0 Å². The van der Waals surface area contributed by atoms with Crippen molar-refractivity contribution in [2.24, 2.45) is 5.73 Å². The highest BCUT2D eigenvalue weighted by atomic mass is 32.2. The Morgan fingerprint density at radius 3 is 2.88 bits per heavy atom. The second-order valence-corrected chi connectivity index (χ2v) is 5.27. The fraction of sp³-hybridized carbons (Fsp3) is 0.300. The Balaban J connectivity index is 2.99. The highest BCUT2D eigenvalue weighted by Gasteiger charge is 2.16. The molecule has 0 amide bonds. The van der Waals surface area contributed by atoms with E-state index in [2.05, 4.69) is 4.98 Å². The van der Waals surface area contributed by atoms with Gasteiger partial charge >= 0.3 is 0 Å². The molecular weight excluding hydrogens is 231 g/mol. The van der Waals surface area contributed by atoms with E-state index in [1.807, 2.05) is 0 Å². The van der Waals surface area contributed by atoms with Gasteiger partial charge in [0.1, 0.15) is 11.6 Å². The fourth-order valence-electron chi connectivity index (χ4n) is 1.16. The monoisotopic (exact) mass is 244 g/mol. The summed E-state index contributed by atoms with van der Waals surface area (Å²) in [6, 6.07) is 2.75. The average Bonchev–Trinajstić information content (AvgIpc) is 2.17. The maximum absolute atomic E-state index is 13.1. The van der Waals surface area contributed by atoms with Crippen molar-refractivity contribution in [3.63, 3.8) is 0 Å². The number of nitrogens with zero attached hydrogens (tertiary/aromatic N) is 1. The van der Waals surface area contributed by atoms with Crippen LogP contribution in [0.25, 0.3) is 0 Å². The molecule has 0 atom stereocenters. The van der Waals surface area contributed by atoms with Crippen molar-refractivity contribution in [1.82, 2.24) is 4.98 Å². The third-order valence-corrected chi connectivity index (χ3v) is 3.52. The van der Waals surface area contributed by atoms with Crippen LogP contribution in [0, 0.1) is 6.92 Å². The first kappa shape index (κ1) is 12.8. The van der Waals surface area contributed by atoms with E-state index in [1.54, 1.807) is 6.92 Å². The number of nitrogens with two attached hydrogens (primary N) is 1. The van der Waals surface area contributed by atoms with Crippen molar-refractivity contribution in [2.75, 3.05) is 12.3 Å². The first-order chi connectivity index (χ1) is 7.45. The highest BCUT2D eigenvalue weighted by Crippen LogP contribution is 2.14. The molecule has 88 valence electrons. The van der Waals surface area contributed by atoms with Gasteiger partial charge < -0.3 is 5.73 Å². The third-order valence-electron chi connectivity index (χ3n) is 1.89.